The molecule has 0 saturated carbocycles. The zero-order chi connectivity index (χ0) is 16.1. The summed E-state index contributed by atoms with van der Waals surface area (Å²) >= 11 is 0. The Morgan fingerprint density at radius 2 is 2.04 bits per heavy atom. The third kappa shape index (κ3) is 4.18. The lowest BCUT2D eigenvalue weighted by molar-refractivity contribution is 0.000448. The molecular weight excluding hydrogens is 294 g/mol. The van der Waals surface area contributed by atoms with E-state index >= 15 is 0 Å². The first-order chi connectivity index (χ1) is 11.2. The molecule has 2 aromatic rings. The molecule has 1 aromatic heterocycles. The zero-order valence-electron chi connectivity index (χ0n) is 13.2. The number of aromatic nitrogens is 2. The second-order valence-corrected chi connectivity index (χ2v) is 5.65. The molecule has 2 heterocycles. The van der Waals surface area contributed by atoms with Gasteiger partial charge in [0.05, 0.1) is 25.1 Å². The summed E-state index contributed by atoms with van der Waals surface area (Å²) < 4.78 is 12.7. The predicted molar refractivity (Wildman–Crippen MR) is 85.7 cm³/mol. The molecule has 6 nitrogen and oxygen atoms in total. The Balaban J connectivity index is 1.55. The minimum absolute atomic E-state index is 0.145. The third-order valence-corrected chi connectivity index (χ3v) is 3.83. The highest BCUT2D eigenvalue weighted by Crippen LogP contribution is 2.11. The number of benzene rings is 1. The van der Waals surface area contributed by atoms with Crippen molar-refractivity contribution in [1.82, 2.24) is 14.5 Å². The van der Waals surface area contributed by atoms with Crippen LogP contribution in [0.15, 0.2) is 43.0 Å². The smallest absolute Gasteiger partial charge is 0.338 e. The van der Waals surface area contributed by atoms with Crippen molar-refractivity contribution in [3.8, 4) is 5.69 Å². The van der Waals surface area contributed by atoms with E-state index in [9.17, 15) is 4.79 Å². The lowest BCUT2D eigenvalue weighted by Gasteiger charge is -2.28. The van der Waals surface area contributed by atoms with E-state index in [4.69, 9.17) is 9.47 Å². The molecule has 0 N–H and O–H groups in total. The average Bonchev–Trinajstić information content (AvgIpc) is 3.10. The molecule has 0 radical (unpaired) electrons. The van der Waals surface area contributed by atoms with Crippen molar-refractivity contribution in [2.24, 2.45) is 0 Å². The maximum absolute atomic E-state index is 12.2. The van der Waals surface area contributed by atoms with Crippen molar-refractivity contribution in [3.05, 3.63) is 48.5 Å². The Hall–Kier alpha value is -2.18. The highest BCUT2D eigenvalue weighted by atomic mass is 16.5. The van der Waals surface area contributed by atoms with Gasteiger partial charge >= 0.3 is 5.97 Å². The molecule has 1 aliphatic heterocycles. The van der Waals surface area contributed by atoms with Gasteiger partial charge in [0.25, 0.3) is 0 Å². The topological polar surface area (TPSA) is 56.6 Å². The molecule has 0 bridgehead atoms. The first kappa shape index (κ1) is 15.7. The Morgan fingerprint density at radius 1 is 1.30 bits per heavy atom. The minimum Gasteiger partial charge on any atom is -0.458 e. The van der Waals surface area contributed by atoms with Crippen LogP contribution in [0.25, 0.3) is 5.69 Å². The average molecular weight is 315 g/mol. The molecule has 0 unspecified atom stereocenters. The first-order valence-corrected chi connectivity index (χ1v) is 7.82. The number of imidazole rings is 1. The van der Waals surface area contributed by atoms with Gasteiger partial charge in [-0.1, -0.05) is 0 Å². The summed E-state index contributed by atoms with van der Waals surface area (Å²) in [4.78, 5) is 18.5. The van der Waals surface area contributed by atoms with E-state index in [1.165, 1.54) is 0 Å². The monoisotopic (exact) mass is 315 g/mol. The van der Waals surface area contributed by atoms with Crippen molar-refractivity contribution in [2.75, 3.05) is 32.8 Å². The predicted octanol–water partition coefficient (Wildman–Crippen LogP) is 1.75. The second kappa shape index (κ2) is 7.39. The largest absolute Gasteiger partial charge is 0.458 e. The van der Waals surface area contributed by atoms with Gasteiger partial charge in [0.15, 0.2) is 0 Å². The van der Waals surface area contributed by atoms with Crippen LogP contribution in [-0.2, 0) is 9.47 Å². The SMILES string of the molecule is C[C@H](CN1CCOCC1)OC(=O)c1ccc(-n2ccnc2)cc1. The quantitative estimate of drug-likeness (QED) is 0.787. The molecule has 6 heteroatoms. The zero-order valence-corrected chi connectivity index (χ0v) is 13.2. The standard InChI is InChI=1S/C17H21N3O3/c1-14(12-19-8-10-22-11-9-19)23-17(21)15-2-4-16(5-3-15)20-7-6-18-13-20/h2-7,13-14H,8-12H2,1H3/t14-/m1/s1. The molecule has 1 aliphatic rings. The number of esters is 1. The van der Waals surface area contributed by atoms with Crippen LogP contribution in [0.5, 0.6) is 0 Å². The van der Waals surface area contributed by atoms with Crippen molar-refractivity contribution in [3.63, 3.8) is 0 Å². The van der Waals surface area contributed by atoms with Gasteiger partial charge in [0.1, 0.15) is 6.10 Å². The number of carbonyl (C=O) groups excluding carboxylic acids is 1. The summed E-state index contributed by atoms with van der Waals surface area (Å²) in [6.45, 7) is 5.94. The lowest BCUT2D eigenvalue weighted by atomic mass is 10.2. The third-order valence-electron chi connectivity index (χ3n) is 3.83. The molecule has 1 atom stereocenters. The van der Waals surface area contributed by atoms with E-state index in [1.807, 2.05) is 29.8 Å². The van der Waals surface area contributed by atoms with Crippen LogP contribution in [0.2, 0.25) is 0 Å². The van der Waals surface area contributed by atoms with Gasteiger partial charge in [0, 0.05) is 37.7 Å². The molecule has 0 amide bonds. The number of hydrogen-bond acceptors (Lipinski definition) is 5. The second-order valence-electron chi connectivity index (χ2n) is 5.65. The fourth-order valence-electron chi connectivity index (χ4n) is 2.62. The summed E-state index contributed by atoms with van der Waals surface area (Å²) in [6, 6.07) is 7.31. The maximum Gasteiger partial charge on any atom is 0.338 e. The molecule has 0 spiro atoms. The van der Waals surface area contributed by atoms with E-state index in [-0.39, 0.29) is 12.1 Å². The van der Waals surface area contributed by atoms with Crippen LogP contribution in [0.4, 0.5) is 0 Å². The van der Waals surface area contributed by atoms with Crippen molar-refractivity contribution in [1.29, 1.82) is 0 Å². The number of carbonyl (C=O) groups is 1. The van der Waals surface area contributed by atoms with E-state index in [0.717, 1.165) is 38.5 Å². The maximum atomic E-state index is 12.2. The Morgan fingerprint density at radius 3 is 2.70 bits per heavy atom. The van der Waals surface area contributed by atoms with E-state index < -0.39 is 0 Å². The highest BCUT2D eigenvalue weighted by molar-refractivity contribution is 5.89. The summed E-state index contributed by atoms with van der Waals surface area (Å²) in [5.41, 5.74) is 1.52. The van der Waals surface area contributed by atoms with Crippen LogP contribution in [0.3, 0.4) is 0 Å². The van der Waals surface area contributed by atoms with Crippen molar-refractivity contribution >= 4 is 5.97 Å². The number of hydrogen-bond donors (Lipinski definition) is 0. The summed E-state index contributed by atoms with van der Waals surface area (Å²) in [7, 11) is 0. The van der Waals surface area contributed by atoms with Gasteiger partial charge in [-0.15, -0.1) is 0 Å². The van der Waals surface area contributed by atoms with Crippen LogP contribution in [-0.4, -0.2) is 59.4 Å². The van der Waals surface area contributed by atoms with Gasteiger partial charge in [-0.25, -0.2) is 9.78 Å². The molecule has 122 valence electrons. The van der Waals surface area contributed by atoms with Crippen LogP contribution < -0.4 is 0 Å². The fraction of sp³-hybridized carbons (Fsp3) is 0.412. The first-order valence-electron chi connectivity index (χ1n) is 7.82. The molecule has 1 fully saturated rings. The number of nitrogens with zero attached hydrogens (tertiary/aromatic N) is 3. The molecule has 23 heavy (non-hydrogen) atoms. The lowest BCUT2D eigenvalue weighted by Crippen LogP contribution is -2.41. The van der Waals surface area contributed by atoms with Gasteiger partial charge in [0.2, 0.25) is 0 Å². The van der Waals surface area contributed by atoms with Gasteiger partial charge in [-0.05, 0) is 31.2 Å². The van der Waals surface area contributed by atoms with Gasteiger partial charge in [-0.2, -0.15) is 0 Å². The van der Waals surface area contributed by atoms with Crippen molar-refractivity contribution in [2.45, 2.75) is 13.0 Å². The summed E-state index contributed by atoms with van der Waals surface area (Å²) in [6.07, 6.45) is 5.15. The van der Waals surface area contributed by atoms with E-state index in [0.29, 0.717) is 5.56 Å². The molecule has 0 aliphatic carbocycles. The van der Waals surface area contributed by atoms with Crippen LogP contribution >= 0.6 is 0 Å². The number of ether oxygens (including phenoxy) is 2. The van der Waals surface area contributed by atoms with Crippen LogP contribution in [0.1, 0.15) is 17.3 Å². The Kier molecular flexibility index (Phi) is 5.05. The summed E-state index contributed by atoms with van der Waals surface area (Å²) in [5.74, 6) is -0.289. The van der Waals surface area contributed by atoms with Gasteiger partial charge < -0.3 is 14.0 Å². The fourth-order valence-corrected chi connectivity index (χ4v) is 2.62. The van der Waals surface area contributed by atoms with Crippen LogP contribution in [0, 0.1) is 0 Å². The van der Waals surface area contributed by atoms with Gasteiger partial charge in [-0.3, -0.25) is 4.90 Å². The number of morpholine rings is 1. The van der Waals surface area contributed by atoms with Crippen molar-refractivity contribution < 1.29 is 14.3 Å². The molecule has 3 rings (SSSR count). The summed E-state index contributed by atoms with van der Waals surface area (Å²) in [5, 5.41) is 0. The Labute approximate surface area is 135 Å². The van der Waals surface area contributed by atoms with E-state index in [1.54, 1.807) is 24.7 Å². The normalized spacial score (nSPS) is 16.9. The Bertz CT molecular complexity index is 619. The highest BCUT2D eigenvalue weighted by Gasteiger charge is 2.17. The molecular formula is C17H21N3O3. The minimum atomic E-state index is -0.289. The van der Waals surface area contributed by atoms with E-state index in [2.05, 4.69) is 9.88 Å². The molecule has 1 saturated heterocycles. The number of rotatable bonds is 5. The molecule has 1 aromatic carbocycles.